The minimum atomic E-state index is 0.0444. The maximum Gasteiger partial charge on any atom is 0.134 e. The molecule has 0 saturated carbocycles. The Morgan fingerprint density at radius 2 is 2.31 bits per heavy atom. The van der Waals surface area contributed by atoms with Crippen LogP contribution >= 0.6 is 11.8 Å². The van der Waals surface area contributed by atoms with E-state index < -0.39 is 0 Å². The molecule has 16 heavy (non-hydrogen) atoms. The Morgan fingerprint density at radius 1 is 1.56 bits per heavy atom. The number of hydrogen-bond donors (Lipinski definition) is 1. The fourth-order valence-electron chi connectivity index (χ4n) is 1.56. The summed E-state index contributed by atoms with van der Waals surface area (Å²) in [5.74, 6) is 2.03. The second-order valence-corrected chi connectivity index (χ2v) is 4.87. The molecule has 0 saturated heterocycles. The van der Waals surface area contributed by atoms with Gasteiger partial charge in [0.1, 0.15) is 5.82 Å². The lowest BCUT2D eigenvalue weighted by Crippen LogP contribution is -2.31. The van der Waals surface area contributed by atoms with E-state index in [1.165, 1.54) is 0 Å². The zero-order valence-electron chi connectivity index (χ0n) is 10.2. The molecule has 0 aromatic carbocycles. The Bertz CT molecular complexity index is 320. The van der Waals surface area contributed by atoms with E-state index in [1.807, 2.05) is 30.9 Å². The predicted molar refractivity (Wildman–Crippen MR) is 71.0 cm³/mol. The van der Waals surface area contributed by atoms with Crippen LogP contribution in [0.3, 0.4) is 0 Å². The van der Waals surface area contributed by atoms with Crippen LogP contribution in [0, 0.1) is 0 Å². The Morgan fingerprint density at radius 3 is 2.94 bits per heavy atom. The van der Waals surface area contributed by atoms with Crippen molar-refractivity contribution in [2.45, 2.75) is 26.0 Å². The van der Waals surface area contributed by atoms with E-state index in [1.54, 1.807) is 6.20 Å². The highest BCUT2D eigenvalue weighted by molar-refractivity contribution is 7.98. The number of pyridine rings is 1. The summed E-state index contributed by atoms with van der Waals surface area (Å²) < 4.78 is 0. The summed E-state index contributed by atoms with van der Waals surface area (Å²) in [6.45, 7) is 2.23. The van der Waals surface area contributed by atoms with Gasteiger partial charge in [-0.3, -0.25) is 0 Å². The highest BCUT2D eigenvalue weighted by Gasteiger charge is 2.13. The van der Waals surface area contributed by atoms with Crippen LogP contribution < -0.4 is 4.90 Å². The lowest BCUT2D eigenvalue weighted by atomic mass is 10.2. The molecule has 1 aromatic heterocycles. The predicted octanol–water partition coefficient (Wildman–Crippen LogP) is 2.15. The molecule has 0 radical (unpaired) electrons. The number of hydrogen-bond acceptors (Lipinski definition) is 4. The first-order chi connectivity index (χ1) is 7.70. The molecule has 4 heteroatoms. The van der Waals surface area contributed by atoms with Crippen molar-refractivity contribution in [3.8, 4) is 0 Å². The fraction of sp³-hybridized carbons (Fsp3) is 0.583. The fourth-order valence-corrected chi connectivity index (χ4v) is 2.14. The molecule has 0 spiro atoms. The molecule has 1 heterocycles. The van der Waals surface area contributed by atoms with Crippen molar-refractivity contribution in [2.75, 3.05) is 24.0 Å². The molecule has 1 atom stereocenters. The number of anilines is 1. The van der Waals surface area contributed by atoms with Crippen molar-refractivity contribution in [3.05, 3.63) is 23.9 Å². The van der Waals surface area contributed by atoms with Gasteiger partial charge in [0.25, 0.3) is 0 Å². The first-order valence-electron chi connectivity index (χ1n) is 5.47. The molecule has 0 aliphatic rings. The van der Waals surface area contributed by atoms with E-state index in [2.05, 4.69) is 23.1 Å². The SMILES string of the molecule is CSCCC(C)N(C)c1ncccc1CO. The van der Waals surface area contributed by atoms with Gasteiger partial charge >= 0.3 is 0 Å². The molecule has 1 rings (SSSR count). The maximum atomic E-state index is 9.25. The Labute approximate surface area is 102 Å². The molecule has 0 fully saturated rings. The summed E-state index contributed by atoms with van der Waals surface area (Å²) in [6, 6.07) is 4.21. The van der Waals surface area contributed by atoms with Crippen LogP contribution in [-0.2, 0) is 6.61 Å². The number of thioether (sulfide) groups is 1. The van der Waals surface area contributed by atoms with Crippen molar-refractivity contribution in [2.24, 2.45) is 0 Å². The van der Waals surface area contributed by atoms with Gasteiger partial charge in [0.05, 0.1) is 6.61 Å². The molecule has 90 valence electrons. The molecule has 0 aliphatic carbocycles. The zero-order chi connectivity index (χ0) is 12.0. The van der Waals surface area contributed by atoms with Gasteiger partial charge in [0.15, 0.2) is 0 Å². The molecule has 1 aromatic rings. The molecular formula is C12H20N2OS. The van der Waals surface area contributed by atoms with Gasteiger partial charge < -0.3 is 10.0 Å². The average molecular weight is 240 g/mol. The van der Waals surface area contributed by atoms with E-state index in [9.17, 15) is 5.11 Å². The van der Waals surface area contributed by atoms with Gasteiger partial charge in [-0.15, -0.1) is 0 Å². The third-order valence-electron chi connectivity index (χ3n) is 2.77. The van der Waals surface area contributed by atoms with E-state index in [0.29, 0.717) is 6.04 Å². The number of aromatic nitrogens is 1. The van der Waals surface area contributed by atoms with Crippen LogP contribution in [0.4, 0.5) is 5.82 Å². The first kappa shape index (κ1) is 13.3. The minimum absolute atomic E-state index is 0.0444. The van der Waals surface area contributed by atoms with Crippen molar-refractivity contribution in [1.29, 1.82) is 0 Å². The quantitative estimate of drug-likeness (QED) is 0.826. The summed E-state index contributed by atoms with van der Waals surface area (Å²) in [7, 11) is 2.03. The lowest BCUT2D eigenvalue weighted by molar-refractivity contribution is 0.281. The van der Waals surface area contributed by atoms with Gasteiger partial charge in [-0.1, -0.05) is 6.07 Å². The highest BCUT2D eigenvalue weighted by atomic mass is 32.2. The van der Waals surface area contributed by atoms with E-state index >= 15 is 0 Å². The van der Waals surface area contributed by atoms with Gasteiger partial charge in [-0.05, 0) is 31.4 Å². The number of rotatable bonds is 6. The van der Waals surface area contributed by atoms with Gasteiger partial charge in [-0.25, -0.2) is 4.98 Å². The van der Waals surface area contributed by atoms with Crippen molar-refractivity contribution in [3.63, 3.8) is 0 Å². The summed E-state index contributed by atoms with van der Waals surface area (Å²) in [4.78, 5) is 6.48. The summed E-state index contributed by atoms with van der Waals surface area (Å²) in [6.07, 6.45) is 5.01. The van der Waals surface area contributed by atoms with E-state index in [0.717, 1.165) is 23.6 Å². The number of aliphatic hydroxyl groups is 1. The molecule has 1 unspecified atom stereocenters. The van der Waals surface area contributed by atoms with Crippen molar-refractivity contribution in [1.82, 2.24) is 4.98 Å². The molecule has 0 bridgehead atoms. The van der Waals surface area contributed by atoms with Crippen molar-refractivity contribution < 1.29 is 5.11 Å². The largest absolute Gasteiger partial charge is 0.392 e. The third-order valence-corrected chi connectivity index (χ3v) is 3.42. The van der Waals surface area contributed by atoms with Crippen LogP contribution in [-0.4, -0.2) is 35.2 Å². The standard InChI is InChI=1S/C12H20N2OS/c1-10(6-8-16-3)14(2)12-11(9-15)5-4-7-13-12/h4-5,7,10,15H,6,8-9H2,1-3H3. The summed E-state index contributed by atoms with van der Waals surface area (Å²) in [5.41, 5.74) is 0.890. The van der Waals surface area contributed by atoms with Gasteiger partial charge in [-0.2, -0.15) is 11.8 Å². The van der Waals surface area contributed by atoms with E-state index in [-0.39, 0.29) is 6.61 Å². The monoisotopic (exact) mass is 240 g/mol. The van der Waals surface area contributed by atoms with Crippen LogP contribution in [0.25, 0.3) is 0 Å². The van der Waals surface area contributed by atoms with Crippen LogP contribution in [0.5, 0.6) is 0 Å². The van der Waals surface area contributed by atoms with Gasteiger partial charge in [0, 0.05) is 24.8 Å². The van der Waals surface area contributed by atoms with Crippen LogP contribution in [0.1, 0.15) is 18.9 Å². The molecule has 3 nitrogen and oxygen atoms in total. The molecular weight excluding hydrogens is 220 g/mol. The smallest absolute Gasteiger partial charge is 0.134 e. The van der Waals surface area contributed by atoms with Crippen molar-refractivity contribution >= 4 is 17.6 Å². The topological polar surface area (TPSA) is 36.4 Å². The van der Waals surface area contributed by atoms with Gasteiger partial charge in [0.2, 0.25) is 0 Å². The minimum Gasteiger partial charge on any atom is -0.392 e. The second-order valence-electron chi connectivity index (χ2n) is 3.89. The number of aliphatic hydroxyl groups excluding tert-OH is 1. The second kappa shape index (κ2) is 6.76. The average Bonchev–Trinajstić information content (AvgIpc) is 2.34. The van der Waals surface area contributed by atoms with E-state index in [4.69, 9.17) is 0 Å². The molecule has 0 aliphatic heterocycles. The summed E-state index contributed by atoms with van der Waals surface area (Å²) in [5, 5.41) is 9.25. The Hall–Kier alpha value is -0.740. The third kappa shape index (κ3) is 3.39. The first-order valence-corrected chi connectivity index (χ1v) is 6.86. The van der Waals surface area contributed by atoms with Crippen LogP contribution in [0.15, 0.2) is 18.3 Å². The maximum absolute atomic E-state index is 9.25. The normalized spacial score (nSPS) is 12.5. The zero-order valence-corrected chi connectivity index (χ0v) is 11.0. The van der Waals surface area contributed by atoms with Crippen LogP contribution in [0.2, 0.25) is 0 Å². The summed E-state index contributed by atoms with van der Waals surface area (Å²) >= 11 is 1.86. The number of nitrogens with zero attached hydrogens (tertiary/aromatic N) is 2. The Kier molecular flexibility index (Phi) is 5.63. The highest BCUT2D eigenvalue weighted by Crippen LogP contribution is 2.19. The lowest BCUT2D eigenvalue weighted by Gasteiger charge is -2.27. The Balaban J connectivity index is 2.74. The molecule has 0 amide bonds. The molecule has 1 N–H and O–H groups in total.